The number of urea groups is 1. The highest BCUT2D eigenvalue weighted by Gasteiger charge is 2.45. The van der Waals surface area contributed by atoms with Gasteiger partial charge in [0.1, 0.15) is 17.5 Å². The molecule has 1 aromatic heterocycles. The Morgan fingerprint density at radius 3 is 2.49 bits per heavy atom. The van der Waals surface area contributed by atoms with Gasteiger partial charge in [0.2, 0.25) is 11.8 Å². The van der Waals surface area contributed by atoms with E-state index in [9.17, 15) is 28.8 Å². The molecule has 4 aromatic rings. The van der Waals surface area contributed by atoms with Crippen LogP contribution in [0.15, 0.2) is 72.9 Å². The molecule has 0 spiro atoms. The monoisotopic (exact) mass is 779 g/mol. The maximum atomic E-state index is 13.3. The molecule has 0 radical (unpaired) electrons. The van der Waals surface area contributed by atoms with E-state index < -0.39 is 35.6 Å². The molecule has 1 saturated heterocycles. The summed E-state index contributed by atoms with van der Waals surface area (Å²) in [5, 5.41) is 25.6. The van der Waals surface area contributed by atoms with E-state index in [0.717, 1.165) is 42.6 Å². The van der Waals surface area contributed by atoms with Crippen LogP contribution in [0.5, 0.6) is 5.75 Å². The highest BCUT2D eigenvalue weighted by atomic mass is 16.5. The van der Waals surface area contributed by atoms with E-state index >= 15 is 0 Å². The fourth-order valence-corrected chi connectivity index (χ4v) is 6.60. The summed E-state index contributed by atoms with van der Waals surface area (Å²) in [5.74, 6) is -2.14. The minimum atomic E-state index is -1.04. The molecule has 0 aliphatic carbocycles. The van der Waals surface area contributed by atoms with Crippen LogP contribution in [-0.4, -0.2) is 84.8 Å². The minimum Gasteiger partial charge on any atom is -0.494 e. The van der Waals surface area contributed by atoms with Crippen LogP contribution in [0.2, 0.25) is 0 Å². The Labute approximate surface area is 328 Å². The van der Waals surface area contributed by atoms with Crippen LogP contribution in [0, 0.1) is 0 Å². The van der Waals surface area contributed by atoms with Gasteiger partial charge in [-0.25, -0.2) is 10.3 Å². The predicted octanol–water partition coefficient (Wildman–Crippen LogP) is 4.49. The summed E-state index contributed by atoms with van der Waals surface area (Å²) in [6.07, 6.45) is 6.28. The molecule has 2 aliphatic heterocycles. The third kappa shape index (κ3) is 9.98. The molecular weight excluding hydrogens is 734 g/mol. The topological polar surface area (TPSA) is 217 Å². The van der Waals surface area contributed by atoms with Crippen molar-refractivity contribution in [1.82, 2.24) is 35.6 Å². The Morgan fingerprint density at radius 2 is 1.75 bits per heavy atom. The Hall–Kier alpha value is -6.62. The van der Waals surface area contributed by atoms with Crippen molar-refractivity contribution in [3.8, 4) is 5.75 Å². The average Bonchev–Trinajstić information content (AvgIpc) is 3.78. The van der Waals surface area contributed by atoms with Gasteiger partial charge in [0, 0.05) is 43.0 Å². The molecule has 1 fully saturated rings. The number of fused-ring (bicyclic) bond motifs is 1. The maximum Gasteiger partial charge on any atom is 0.322 e. The van der Waals surface area contributed by atoms with Gasteiger partial charge in [0.25, 0.3) is 17.7 Å². The number of unbranched alkanes of at least 4 members (excludes halogenated alkanes) is 3. The first-order valence-electron chi connectivity index (χ1n) is 18.9. The lowest BCUT2D eigenvalue weighted by molar-refractivity contribution is -0.136. The zero-order valence-corrected chi connectivity index (χ0v) is 31.5. The summed E-state index contributed by atoms with van der Waals surface area (Å²) in [6.45, 7) is 4.41. The molecule has 17 nitrogen and oxygen atoms in total. The van der Waals surface area contributed by atoms with E-state index in [4.69, 9.17) is 9.94 Å². The van der Waals surface area contributed by atoms with Crippen LogP contribution in [0.25, 0.3) is 0 Å². The van der Waals surface area contributed by atoms with Gasteiger partial charge in [-0.2, -0.15) is 0 Å². The van der Waals surface area contributed by atoms with Gasteiger partial charge in [-0.1, -0.05) is 36.8 Å². The number of amides is 7. The van der Waals surface area contributed by atoms with Crippen LogP contribution < -0.4 is 26.2 Å². The van der Waals surface area contributed by atoms with E-state index in [2.05, 4.69) is 33.2 Å². The summed E-state index contributed by atoms with van der Waals surface area (Å²) >= 11 is 0. The third-order valence-corrected chi connectivity index (χ3v) is 9.68. The second-order valence-corrected chi connectivity index (χ2v) is 13.8. The van der Waals surface area contributed by atoms with Crippen LogP contribution in [-0.2, 0) is 29.2 Å². The number of imide groups is 2. The Kier molecular flexibility index (Phi) is 13.2. The van der Waals surface area contributed by atoms with E-state index in [-0.39, 0.29) is 36.5 Å². The quantitative estimate of drug-likeness (QED) is 0.0410. The molecular formula is C40H45N9O8. The smallest absolute Gasteiger partial charge is 0.322 e. The number of aromatic nitrogens is 3. The third-order valence-electron chi connectivity index (χ3n) is 9.68. The molecule has 3 aromatic carbocycles. The van der Waals surface area contributed by atoms with Gasteiger partial charge in [0.15, 0.2) is 0 Å². The number of benzene rings is 3. The summed E-state index contributed by atoms with van der Waals surface area (Å²) in [4.78, 5) is 77.9. The van der Waals surface area contributed by atoms with Crippen molar-refractivity contribution in [3.63, 3.8) is 0 Å². The number of aryl methyl sites for hydroxylation is 1. The van der Waals surface area contributed by atoms with Crippen molar-refractivity contribution in [2.75, 3.05) is 23.8 Å². The van der Waals surface area contributed by atoms with Gasteiger partial charge in [-0.15, -0.1) is 5.10 Å². The predicted molar refractivity (Wildman–Crippen MR) is 206 cm³/mol. The first-order valence-corrected chi connectivity index (χ1v) is 18.9. The number of hydrogen-bond donors (Lipinski definition) is 5. The number of hydrogen-bond acceptors (Lipinski definition) is 11. The lowest BCUT2D eigenvalue weighted by Gasteiger charge is -2.27. The number of rotatable bonds is 18. The molecule has 2 aliphatic rings. The SMILES string of the molecule is CCCCN(Cc1ccc(C(=O)NO)cc1)C(=O)Nc1ccc(OCCCCCn2cc(CNc3cccc4c3C(=O)N(C3CCC(=O)NC3=O)C4=O)nn2)cc1. The van der Waals surface area contributed by atoms with Gasteiger partial charge >= 0.3 is 6.03 Å². The van der Waals surface area contributed by atoms with Crippen LogP contribution in [0.3, 0.4) is 0 Å². The van der Waals surface area contributed by atoms with Gasteiger partial charge < -0.3 is 20.3 Å². The van der Waals surface area contributed by atoms with Gasteiger partial charge in [-0.05, 0) is 86.2 Å². The van der Waals surface area contributed by atoms with Crippen LogP contribution >= 0.6 is 0 Å². The molecule has 3 heterocycles. The van der Waals surface area contributed by atoms with Crippen molar-refractivity contribution in [1.29, 1.82) is 0 Å². The number of piperidine rings is 1. The van der Waals surface area contributed by atoms with Crippen LogP contribution in [0.4, 0.5) is 16.2 Å². The number of nitrogens with zero attached hydrogens (tertiary/aromatic N) is 5. The lowest BCUT2D eigenvalue weighted by atomic mass is 10.0. The molecule has 0 saturated carbocycles. The molecule has 57 heavy (non-hydrogen) atoms. The summed E-state index contributed by atoms with van der Waals surface area (Å²) in [7, 11) is 0. The molecule has 1 atom stereocenters. The molecule has 7 amide bonds. The number of carbonyl (C=O) groups is 6. The Morgan fingerprint density at radius 1 is 0.965 bits per heavy atom. The standard InChI is InChI=1S/C40H45N9O8/c1-2-3-20-47(24-26-10-12-27(13-11-26)36(51)45-56)40(55)42-28-14-16-30(17-15-28)57-22-6-4-5-21-48-25-29(44-46-48)23-41-32-9-7-8-31-35(32)39(54)49(38(31)53)33-18-19-34(50)43-37(33)52/h7-17,25,33,41,56H,2-6,18-24H2,1H3,(H,42,55)(H,45,51)(H,43,50,52). The summed E-state index contributed by atoms with van der Waals surface area (Å²) in [5.41, 5.74) is 4.89. The number of nitrogens with one attached hydrogen (secondary N) is 4. The Balaban J connectivity index is 0.902. The zero-order valence-electron chi connectivity index (χ0n) is 31.5. The first-order chi connectivity index (χ1) is 27.6. The van der Waals surface area contributed by atoms with Gasteiger partial charge in [-0.3, -0.25) is 44.1 Å². The average molecular weight is 780 g/mol. The highest BCUT2D eigenvalue weighted by Crippen LogP contribution is 2.32. The van der Waals surface area contributed by atoms with Crippen molar-refractivity contribution in [2.24, 2.45) is 0 Å². The number of anilines is 2. The van der Waals surface area contributed by atoms with E-state index in [1.54, 1.807) is 69.7 Å². The second kappa shape index (κ2) is 18.8. The molecule has 298 valence electrons. The molecule has 1 unspecified atom stereocenters. The van der Waals surface area contributed by atoms with E-state index in [1.165, 1.54) is 0 Å². The second-order valence-electron chi connectivity index (χ2n) is 13.8. The molecule has 6 rings (SSSR count). The maximum absolute atomic E-state index is 13.3. The van der Waals surface area contributed by atoms with Crippen molar-refractivity contribution in [2.45, 2.75) is 77.5 Å². The lowest BCUT2D eigenvalue weighted by Crippen LogP contribution is -2.54. The molecule has 17 heteroatoms. The summed E-state index contributed by atoms with van der Waals surface area (Å²) < 4.78 is 7.66. The van der Waals surface area contributed by atoms with Crippen molar-refractivity contribution >= 4 is 46.9 Å². The highest BCUT2D eigenvalue weighted by molar-refractivity contribution is 6.25. The number of carbonyl (C=O) groups excluding carboxylic acids is 6. The number of ether oxygens (including phenoxy) is 1. The van der Waals surface area contributed by atoms with Crippen molar-refractivity contribution in [3.05, 3.63) is 101 Å². The minimum absolute atomic E-state index is 0.0502. The molecule has 0 bridgehead atoms. The van der Waals surface area contributed by atoms with Gasteiger partial charge in [0.05, 0.1) is 30.5 Å². The largest absolute Gasteiger partial charge is 0.494 e. The van der Waals surface area contributed by atoms with E-state index in [0.29, 0.717) is 54.6 Å². The van der Waals surface area contributed by atoms with E-state index in [1.807, 2.05) is 18.3 Å². The first kappa shape index (κ1) is 40.1. The van der Waals surface area contributed by atoms with Crippen LogP contribution in [0.1, 0.15) is 94.2 Å². The normalized spacial score (nSPS) is 14.9. The van der Waals surface area contributed by atoms with Crippen molar-refractivity contribution < 1.29 is 38.7 Å². The Bertz CT molecular complexity index is 2100. The zero-order chi connectivity index (χ0) is 40.3. The summed E-state index contributed by atoms with van der Waals surface area (Å²) in [6, 6.07) is 17.5. The fourth-order valence-electron chi connectivity index (χ4n) is 6.60. The molecule has 5 N–H and O–H groups in total. The fraction of sp³-hybridized carbons (Fsp3) is 0.350. The number of hydroxylamine groups is 1.